The van der Waals surface area contributed by atoms with Crippen LogP contribution in [0.15, 0.2) is 48.5 Å². The average Bonchev–Trinajstić information content (AvgIpc) is 2.39. The molecular formula is C15H11FS. The van der Waals surface area contributed by atoms with Crippen molar-refractivity contribution in [3.63, 3.8) is 0 Å². The highest BCUT2D eigenvalue weighted by Gasteiger charge is 2.11. The molecule has 0 atom stereocenters. The van der Waals surface area contributed by atoms with Gasteiger partial charge >= 0.3 is 0 Å². The summed E-state index contributed by atoms with van der Waals surface area (Å²) in [5.41, 5.74) is 3.72. The molecule has 0 nitrogen and oxygen atoms in total. The lowest BCUT2D eigenvalue weighted by molar-refractivity contribution is 0.628. The molecule has 0 unspecified atom stereocenters. The van der Waals surface area contributed by atoms with Crippen LogP contribution in [0.4, 0.5) is 4.39 Å². The molecule has 0 saturated carbocycles. The maximum absolute atomic E-state index is 12.9. The van der Waals surface area contributed by atoms with Crippen LogP contribution in [-0.4, -0.2) is 0 Å². The third-order valence-electron chi connectivity index (χ3n) is 2.85. The Morgan fingerprint density at radius 1 is 0.941 bits per heavy atom. The molecule has 0 spiro atoms. The van der Waals surface area contributed by atoms with Crippen LogP contribution >= 0.6 is 11.8 Å². The summed E-state index contributed by atoms with van der Waals surface area (Å²) in [6.07, 6.45) is 2.18. The lowest BCUT2D eigenvalue weighted by Gasteiger charge is -2.15. The van der Waals surface area contributed by atoms with Gasteiger partial charge in [0.05, 0.1) is 0 Å². The predicted octanol–water partition coefficient (Wildman–Crippen LogP) is 4.57. The van der Waals surface area contributed by atoms with Crippen LogP contribution in [0.2, 0.25) is 0 Å². The zero-order valence-electron chi connectivity index (χ0n) is 9.19. The van der Waals surface area contributed by atoms with Gasteiger partial charge < -0.3 is 0 Å². The zero-order chi connectivity index (χ0) is 11.7. The van der Waals surface area contributed by atoms with Gasteiger partial charge in [0, 0.05) is 10.7 Å². The number of benzene rings is 2. The molecule has 0 bridgehead atoms. The maximum Gasteiger partial charge on any atom is 0.123 e. The highest BCUT2D eigenvalue weighted by Crippen LogP contribution is 2.37. The number of rotatable bonds is 1. The number of hydrogen-bond donors (Lipinski definition) is 0. The zero-order valence-corrected chi connectivity index (χ0v) is 10.0. The van der Waals surface area contributed by atoms with E-state index < -0.39 is 0 Å². The molecule has 1 aliphatic heterocycles. The van der Waals surface area contributed by atoms with Gasteiger partial charge in [-0.05, 0) is 34.9 Å². The second-order valence-corrected chi connectivity index (χ2v) is 5.02. The molecule has 0 aromatic heterocycles. The third kappa shape index (κ3) is 2.13. The summed E-state index contributed by atoms with van der Waals surface area (Å²) >= 11 is 1.80. The smallest absolute Gasteiger partial charge is 0.123 e. The molecule has 0 radical (unpaired) electrons. The van der Waals surface area contributed by atoms with Crippen LogP contribution in [0, 0.1) is 5.82 Å². The van der Waals surface area contributed by atoms with Crippen LogP contribution in [0.25, 0.3) is 11.0 Å². The Bertz CT molecular complexity index is 570. The second-order valence-electron chi connectivity index (χ2n) is 4.00. The van der Waals surface area contributed by atoms with Crippen LogP contribution in [0.3, 0.4) is 0 Å². The molecule has 17 heavy (non-hydrogen) atoms. The quantitative estimate of drug-likeness (QED) is 0.705. The molecule has 0 amide bonds. The lowest BCUT2D eigenvalue weighted by Crippen LogP contribution is -1.93. The van der Waals surface area contributed by atoms with Crippen LogP contribution < -0.4 is 0 Å². The molecule has 2 aromatic rings. The largest absolute Gasteiger partial charge is 0.207 e. The first-order chi connectivity index (χ1) is 8.33. The Morgan fingerprint density at radius 3 is 2.53 bits per heavy atom. The van der Waals surface area contributed by atoms with E-state index in [0.717, 1.165) is 11.3 Å². The first-order valence-electron chi connectivity index (χ1n) is 5.51. The summed E-state index contributed by atoms with van der Waals surface area (Å²) in [6, 6.07) is 15.1. The van der Waals surface area contributed by atoms with E-state index in [2.05, 4.69) is 24.3 Å². The van der Waals surface area contributed by atoms with Crippen molar-refractivity contribution in [2.24, 2.45) is 0 Å². The Labute approximate surface area is 104 Å². The summed E-state index contributed by atoms with van der Waals surface area (Å²) in [6.45, 7) is 0. The highest BCUT2D eigenvalue weighted by atomic mass is 32.2. The van der Waals surface area contributed by atoms with Gasteiger partial charge in [-0.1, -0.05) is 36.4 Å². The maximum atomic E-state index is 12.9. The summed E-state index contributed by atoms with van der Waals surface area (Å²) < 4.78 is 12.9. The molecule has 84 valence electrons. The minimum atomic E-state index is -0.185. The van der Waals surface area contributed by atoms with E-state index in [1.807, 2.05) is 18.2 Å². The molecule has 0 N–H and O–H groups in total. The summed E-state index contributed by atoms with van der Waals surface area (Å²) in [4.78, 5) is 1.21. The summed E-state index contributed by atoms with van der Waals surface area (Å²) in [7, 11) is 0. The van der Waals surface area contributed by atoms with Crippen molar-refractivity contribution in [1.82, 2.24) is 0 Å². The van der Waals surface area contributed by atoms with Crippen LogP contribution in [0.1, 0.15) is 16.7 Å². The average molecular weight is 242 g/mol. The van der Waals surface area contributed by atoms with Gasteiger partial charge in [-0.3, -0.25) is 0 Å². The van der Waals surface area contributed by atoms with Gasteiger partial charge in [-0.15, -0.1) is 11.8 Å². The number of hydrogen-bond acceptors (Lipinski definition) is 1. The van der Waals surface area contributed by atoms with Crippen molar-refractivity contribution < 1.29 is 4.39 Å². The fourth-order valence-corrected chi connectivity index (χ4v) is 3.01. The van der Waals surface area contributed by atoms with E-state index in [0.29, 0.717) is 0 Å². The number of fused-ring (bicyclic) bond motifs is 1. The molecule has 2 heteroatoms. The molecule has 0 fully saturated rings. The van der Waals surface area contributed by atoms with E-state index in [1.165, 1.54) is 28.2 Å². The lowest BCUT2D eigenvalue weighted by atomic mass is 10.1. The first kappa shape index (κ1) is 10.6. The van der Waals surface area contributed by atoms with E-state index in [-0.39, 0.29) is 5.82 Å². The van der Waals surface area contributed by atoms with E-state index in [9.17, 15) is 4.39 Å². The van der Waals surface area contributed by atoms with Crippen molar-refractivity contribution in [1.29, 1.82) is 0 Å². The summed E-state index contributed by atoms with van der Waals surface area (Å²) in [5, 5.41) is 0. The molecule has 1 aliphatic rings. The molecular weight excluding hydrogens is 231 g/mol. The van der Waals surface area contributed by atoms with Gasteiger partial charge in [0.1, 0.15) is 5.82 Å². The Hall–Kier alpha value is -1.54. The molecule has 0 aliphatic carbocycles. The van der Waals surface area contributed by atoms with Gasteiger partial charge in [-0.25, -0.2) is 4.39 Å². The van der Waals surface area contributed by atoms with Gasteiger partial charge in [0.25, 0.3) is 0 Å². The van der Waals surface area contributed by atoms with Crippen molar-refractivity contribution in [3.05, 3.63) is 71.0 Å². The Balaban J connectivity index is 2.01. The van der Waals surface area contributed by atoms with Gasteiger partial charge in [0.2, 0.25) is 0 Å². The number of thioether (sulfide) groups is 1. The van der Waals surface area contributed by atoms with E-state index >= 15 is 0 Å². The molecule has 0 saturated heterocycles. The van der Waals surface area contributed by atoms with Crippen molar-refractivity contribution in [2.45, 2.75) is 5.75 Å². The predicted molar refractivity (Wildman–Crippen MR) is 72.0 cm³/mol. The van der Waals surface area contributed by atoms with E-state index in [4.69, 9.17) is 0 Å². The fourth-order valence-electron chi connectivity index (χ4n) is 1.93. The van der Waals surface area contributed by atoms with Crippen molar-refractivity contribution >= 4 is 22.7 Å². The van der Waals surface area contributed by atoms with Gasteiger partial charge in [0.15, 0.2) is 0 Å². The minimum Gasteiger partial charge on any atom is -0.207 e. The minimum absolute atomic E-state index is 0.185. The summed E-state index contributed by atoms with van der Waals surface area (Å²) in [5.74, 6) is 0.801. The Morgan fingerprint density at radius 2 is 1.71 bits per heavy atom. The second kappa shape index (κ2) is 4.38. The van der Waals surface area contributed by atoms with E-state index in [1.54, 1.807) is 11.8 Å². The third-order valence-corrected chi connectivity index (χ3v) is 3.97. The monoisotopic (exact) mass is 242 g/mol. The highest BCUT2D eigenvalue weighted by molar-refractivity contribution is 8.07. The van der Waals surface area contributed by atoms with Crippen molar-refractivity contribution in [3.8, 4) is 0 Å². The molecule has 2 aromatic carbocycles. The normalized spacial score (nSPS) is 14.1. The van der Waals surface area contributed by atoms with Gasteiger partial charge in [-0.2, -0.15) is 0 Å². The van der Waals surface area contributed by atoms with Crippen LogP contribution in [-0.2, 0) is 5.75 Å². The van der Waals surface area contributed by atoms with Crippen molar-refractivity contribution in [2.75, 3.05) is 0 Å². The Kier molecular flexibility index (Phi) is 2.73. The fraction of sp³-hybridized carbons (Fsp3) is 0.0667. The molecule has 3 rings (SSSR count). The van der Waals surface area contributed by atoms with Crippen LogP contribution in [0.5, 0.6) is 0 Å². The number of halogens is 1. The topological polar surface area (TPSA) is 0 Å². The first-order valence-corrected chi connectivity index (χ1v) is 6.50. The SMILES string of the molecule is Fc1ccc(C2=Cc3ccccc3CS2)cc1. The standard InChI is InChI=1S/C15H11FS/c16-14-7-5-11(6-8-14)15-9-12-3-1-2-4-13(12)10-17-15/h1-9H,10H2. The molecule has 1 heterocycles.